The van der Waals surface area contributed by atoms with Gasteiger partial charge in [0.25, 0.3) is 0 Å². The molecule has 0 aliphatic heterocycles. The highest BCUT2D eigenvalue weighted by Gasteiger charge is 2.37. The van der Waals surface area contributed by atoms with Gasteiger partial charge in [0.2, 0.25) is 0 Å². The van der Waals surface area contributed by atoms with Crippen molar-refractivity contribution >= 4 is 0 Å². The van der Waals surface area contributed by atoms with E-state index < -0.39 is 0 Å². The summed E-state index contributed by atoms with van der Waals surface area (Å²) in [5.41, 5.74) is 6.40. The Morgan fingerprint density at radius 1 is 1.35 bits per heavy atom. The van der Waals surface area contributed by atoms with Crippen molar-refractivity contribution in [2.45, 2.75) is 52.6 Å². The third kappa shape index (κ3) is 3.64. The van der Waals surface area contributed by atoms with E-state index in [1.54, 1.807) is 6.26 Å². The molecule has 0 bridgehead atoms. The molecule has 1 aromatic heterocycles. The molecular formula is C17H30N2O. The van der Waals surface area contributed by atoms with Crippen LogP contribution in [0.5, 0.6) is 0 Å². The molecule has 2 rings (SSSR count). The van der Waals surface area contributed by atoms with E-state index in [0.29, 0.717) is 17.4 Å². The minimum Gasteiger partial charge on any atom is -0.468 e. The average Bonchev–Trinajstić information content (AvgIpc) is 2.89. The SMILES string of the molecule is CN(Cc1ccco1)C1CC(C(C)(C)C)CCC1CN. The van der Waals surface area contributed by atoms with Crippen LogP contribution in [0.2, 0.25) is 0 Å². The third-order valence-corrected chi connectivity index (χ3v) is 5.04. The van der Waals surface area contributed by atoms with Crippen LogP contribution in [0, 0.1) is 17.3 Å². The Morgan fingerprint density at radius 3 is 2.65 bits per heavy atom. The van der Waals surface area contributed by atoms with Gasteiger partial charge in [0.05, 0.1) is 12.8 Å². The monoisotopic (exact) mass is 278 g/mol. The van der Waals surface area contributed by atoms with Crippen LogP contribution in [-0.4, -0.2) is 24.5 Å². The predicted octanol–water partition coefficient (Wildman–Crippen LogP) is 3.50. The lowest BCUT2D eigenvalue weighted by Gasteiger charge is -2.45. The molecule has 3 nitrogen and oxygen atoms in total. The number of rotatable bonds is 4. The first-order chi connectivity index (χ1) is 9.41. The maximum absolute atomic E-state index is 6.01. The van der Waals surface area contributed by atoms with Gasteiger partial charge < -0.3 is 10.2 Å². The van der Waals surface area contributed by atoms with Crippen molar-refractivity contribution in [3.8, 4) is 0 Å². The number of furan rings is 1. The second-order valence-corrected chi connectivity index (χ2v) is 7.43. The third-order valence-electron chi connectivity index (χ3n) is 5.04. The second-order valence-electron chi connectivity index (χ2n) is 7.43. The Labute approximate surface area is 123 Å². The van der Waals surface area contributed by atoms with Crippen LogP contribution in [0.15, 0.2) is 22.8 Å². The van der Waals surface area contributed by atoms with Crippen molar-refractivity contribution in [1.29, 1.82) is 0 Å². The fourth-order valence-electron chi connectivity index (χ4n) is 3.58. The molecule has 1 saturated carbocycles. The van der Waals surface area contributed by atoms with E-state index >= 15 is 0 Å². The molecular weight excluding hydrogens is 248 g/mol. The minimum absolute atomic E-state index is 0.392. The zero-order valence-corrected chi connectivity index (χ0v) is 13.4. The molecule has 0 spiro atoms. The predicted molar refractivity (Wildman–Crippen MR) is 83.3 cm³/mol. The minimum atomic E-state index is 0.392. The number of hydrogen-bond donors (Lipinski definition) is 1. The Bertz CT molecular complexity index is 394. The van der Waals surface area contributed by atoms with Crippen LogP contribution < -0.4 is 5.73 Å². The van der Waals surface area contributed by atoms with E-state index in [-0.39, 0.29) is 0 Å². The molecule has 3 heteroatoms. The molecule has 0 amide bonds. The molecule has 1 fully saturated rings. The first kappa shape index (κ1) is 15.6. The normalized spacial score (nSPS) is 28.0. The summed E-state index contributed by atoms with van der Waals surface area (Å²) in [6.45, 7) is 8.77. The molecule has 1 heterocycles. The molecule has 2 N–H and O–H groups in total. The van der Waals surface area contributed by atoms with Crippen LogP contribution in [-0.2, 0) is 6.54 Å². The van der Waals surface area contributed by atoms with Gasteiger partial charge in [0, 0.05) is 6.04 Å². The van der Waals surface area contributed by atoms with Gasteiger partial charge in [-0.2, -0.15) is 0 Å². The topological polar surface area (TPSA) is 42.4 Å². The molecule has 1 aliphatic carbocycles. The number of hydrogen-bond acceptors (Lipinski definition) is 3. The highest BCUT2D eigenvalue weighted by atomic mass is 16.3. The van der Waals surface area contributed by atoms with E-state index in [9.17, 15) is 0 Å². The van der Waals surface area contributed by atoms with Gasteiger partial charge in [-0.1, -0.05) is 20.8 Å². The maximum atomic E-state index is 6.01. The highest BCUT2D eigenvalue weighted by molar-refractivity contribution is 4.99. The molecule has 0 saturated heterocycles. The quantitative estimate of drug-likeness (QED) is 0.916. The fourth-order valence-corrected chi connectivity index (χ4v) is 3.58. The summed E-state index contributed by atoms with van der Waals surface area (Å²) in [4.78, 5) is 2.44. The van der Waals surface area contributed by atoms with Crippen molar-refractivity contribution in [3.05, 3.63) is 24.2 Å². The summed E-state index contributed by atoms with van der Waals surface area (Å²) >= 11 is 0. The lowest BCUT2D eigenvalue weighted by Crippen LogP contribution is -2.46. The van der Waals surface area contributed by atoms with Gasteiger partial charge in [-0.3, -0.25) is 4.90 Å². The van der Waals surface area contributed by atoms with Crippen molar-refractivity contribution in [3.63, 3.8) is 0 Å². The summed E-state index contributed by atoms with van der Waals surface area (Å²) in [6, 6.07) is 4.59. The summed E-state index contributed by atoms with van der Waals surface area (Å²) in [5.74, 6) is 2.45. The zero-order chi connectivity index (χ0) is 14.8. The van der Waals surface area contributed by atoms with E-state index in [1.165, 1.54) is 19.3 Å². The molecule has 3 unspecified atom stereocenters. The lowest BCUT2D eigenvalue weighted by atomic mass is 9.67. The van der Waals surface area contributed by atoms with E-state index in [1.807, 2.05) is 6.07 Å². The molecule has 3 atom stereocenters. The molecule has 1 aliphatic rings. The van der Waals surface area contributed by atoms with Gasteiger partial charge in [0.1, 0.15) is 5.76 Å². The van der Waals surface area contributed by atoms with Crippen molar-refractivity contribution in [2.75, 3.05) is 13.6 Å². The Kier molecular flexibility index (Phi) is 4.92. The number of nitrogens with two attached hydrogens (primary N) is 1. The van der Waals surface area contributed by atoms with E-state index in [2.05, 4.69) is 38.8 Å². The van der Waals surface area contributed by atoms with Gasteiger partial charge in [0.15, 0.2) is 0 Å². The van der Waals surface area contributed by atoms with Crippen LogP contribution in [0.25, 0.3) is 0 Å². The largest absolute Gasteiger partial charge is 0.468 e. The summed E-state index contributed by atoms with van der Waals surface area (Å²) < 4.78 is 5.49. The Hall–Kier alpha value is -0.800. The Balaban J connectivity index is 2.04. The first-order valence-corrected chi connectivity index (χ1v) is 7.84. The first-order valence-electron chi connectivity index (χ1n) is 7.84. The van der Waals surface area contributed by atoms with Crippen molar-refractivity contribution < 1.29 is 4.42 Å². The van der Waals surface area contributed by atoms with E-state index in [4.69, 9.17) is 10.2 Å². The van der Waals surface area contributed by atoms with E-state index in [0.717, 1.165) is 24.8 Å². The van der Waals surface area contributed by atoms with Gasteiger partial charge in [-0.15, -0.1) is 0 Å². The van der Waals surface area contributed by atoms with Crippen LogP contribution in [0.1, 0.15) is 45.8 Å². The highest BCUT2D eigenvalue weighted by Crippen LogP contribution is 2.41. The number of nitrogens with zero attached hydrogens (tertiary/aromatic N) is 1. The maximum Gasteiger partial charge on any atom is 0.117 e. The van der Waals surface area contributed by atoms with Crippen LogP contribution >= 0.6 is 0 Å². The summed E-state index contributed by atoms with van der Waals surface area (Å²) in [5, 5.41) is 0. The van der Waals surface area contributed by atoms with Gasteiger partial charge >= 0.3 is 0 Å². The summed E-state index contributed by atoms with van der Waals surface area (Å²) in [7, 11) is 2.21. The summed E-state index contributed by atoms with van der Waals surface area (Å²) in [6.07, 6.45) is 5.58. The molecule has 0 radical (unpaired) electrons. The molecule has 114 valence electrons. The fraction of sp³-hybridized carbons (Fsp3) is 0.765. The van der Waals surface area contributed by atoms with Crippen molar-refractivity contribution in [1.82, 2.24) is 4.90 Å². The zero-order valence-electron chi connectivity index (χ0n) is 13.4. The van der Waals surface area contributed by atoms with Gasteiger partial charge in [-0.05, 0) is 62.2 Å². The second kappa shape index (κ2) is 6.31. The molecule has 0 aromatic carbocycles. The standard InChI is InChI=1S/C17H30N2O/c1-17(2,3)14-8-7-13(11-18)16(10-14)19(4)12-15-6-5-9-20-15/h5-6,9,13-14,16H,7-8,10-12,18H2,1-4H3. The average molecular weight is 278 g/mol. The van der Waals surface area contributed by atoms with Crippen molar-refractivity contribution in [2.24, 2.45) is 23.0 Å². The smallest absolute Gasteiger partial charge is 0.117 e. The Morgan fingerprint density at radius 2 is 2.10 bits per heavy atom. The lowest BCUT2D eigenvalue weighted by molar-refractivity contribution is 0.0524. The molecule has 20 heavy (non-hydrogen) atoms. The molecule has 1 aromatic rings. The van der Waals surface area contributed by atoms with Crippen LogP contribution in [0.3, 0.4) is 0 Å². The van der Waals surface area contributed by atoms with Gasteiger partial charge in [-0.25, -0.2) is 0 Å². The van der Waals surface area contributed by atoms with Crippen LogP contribution in [0.4, 0.5) is 0 Å².